The maximum Gasteiger partial charge on any atom is 0.268 e. The van der Waals surface area contributed by atoms with Crippen LogP contribution >= 0.6 is 22.9 Å². The van der Waals surface area contributed by atoms with Crippen LogP contribution in [0.1, 0.15) is 26.5 Å². The Balaban J connectivity index is 2.00. The van der Waals surface area contributed by atoms with Gasteiger partial charge in [-0.2, -0.15) is 0 Å². The summed E-state index contributed by atoms with van der Waals surface area (Å²) in [6.07, 6.45) is 0. The van der Waals surface area contributed by atoms with Crippen molar-refractivity contribution >= 4 is 44.7 Å². The molecule has 1 aromatic carbocycles. The predicted octanol–water partition coefficient (Wildman–Crippen LogP) is 5.27. The Morgan fingerprint density at radius 3 is 2.68 bits per heavy atom. The summed E-state index contributed by atoms with van der Waals surface area (Å²) in [5.74, 6) is 0.425. The van der Waals surface area contributed by atoms with E-state index in [-0.39, 0.29) is 11.7 Å². The largest absolute Gasteiger partial charge is 0.495 e. The van der Waals surface area contributed by atoms with Crippen LogP contribution in [-0.4, -0.2) is 18.0 Å². The number of ether oxygens (including phenoxy) is 1. The van der Waals surface area contributed by atoms with Crippen molar-refractivity contribution in [1.29, 1.82) is 0 Å². The van der Waals surface area contributed by atoms with Gasteiger partial charge in [-0.25, -0.2) is 9.37 Å². The smallest absolute Gasteiger partial charge is 0.268 e. The number of thiophene rings is 1. The van der Waals surface area contributed by atoms with Crippen LogP contribution in [0.25, 0.3) is 10.1 Å². The van der Waals surface area contributed by atoms with Crippen molar-refractivity contribution in [3.63, 3.8) is 0 Å². The number of aryl methyl sites for hydroxylation is 1. The molecule has 0 aliphatic heterocycles. The van der Waals surface area contributed by atoms with Crippen molar-refractivity contribution in [2.24, 2.45) is 0 Å². The van der Waals surface area contributed by atoms with Gasteiger partial charge in [-0.1, -0.05) is 11.6 Å². The Hall–Kier alpha value is -2.18. The van der Waals surface area contributed by atoms with Crippen molar-refractivity contribution in [3.05, 3.63) is 50.7 Å². The molecule has 1 N–H and O–H groups in total. The highest BCUT2D eigenvalue weighted by Gasteiger charge is 2.20. The molecule has 3 rings (SSSR count). The molecule has 4 nitrogen and oxygen atoms in total. The number of carbonyl (C=O) groups is 1. The average molecular weight is 379 g/mol. The molecule has 0 fully saturated rings. The summed E-state index contributed by atoms with van der Waals surface area (Å²) in [6, 6.07) is 4.27. The van der Waals surface area contributed by atoms with Crippen LogP contribution < -0.4 is 10.1 Å². The number of benzene rings is 1. The van der Waals surface area contributed by atoms with Crippen LogP contribution in [0.15, 0.2) is 18.2 Å². The quantitative estimate of drug-likeness (QED) is 0.675. The molecule has 2 heterocycles. The molecule has 2 aromatic heterocycles. The second-order valence-corrected chi connectivity index (χ2v) is 7.10. The fourth-order valence-corrected chi connectivity index (χ4v) is 4.13. The van der Waals surface area contributed by atoms with E-state index in [9.17, 15) is 9.18 Å². The summed E-state index contributed by atoms with van der Waals surface area (Å²) < 4.78 is 19.3. The summed E-state index contributed by atoms with van der Waals surface area (Å²) in [5.41, 5.74) is 2.42. The summed E-state index contributed by atoms with van der Waals surface area (Å²) in [7, 11) is 1.59. The molecule has 0 atom stereocenters. The van der Waals surface area contributed by atoms with Crippen LogP contribution in [0.4, 0.5) is 10.2 Å². The van der Waals surface area contributed by atoms with Gasteiger partial charge in [0.1, 0.15) is 22.3 Å². The SMILES string of the molecule is COc1c(C)nc(NC(=O)c2sc3cc(F)ccc3c2Cl)c(C)c1C. The molecule has 0 bridgehead atoms. The molecule has 25 heavy (non-hydrogen) atoms. The minimum absolute atomic E-state index is 0.317. The van der Waals surface area contributed by atoms with Gasteiger partial charge in [0.25, 0.3) is 5.91 Å². The highest BCUT2D eigenvalue weighted by molar-refractivity contribution is 7.21. The van der Waals surface area contributed by atoms with E-state index < -0.39 is 0 Å². The molecule has 0 spiro atoms. The number of halogens is 2. The molecule has 0 saturated carbocycles. The number of carbonyl (C=O) groups excluding carboxylic acids is 1. The fourth-order valence-electron chi connectivity index (χ4n) is 2.69. The standard InChI is InChI=1S/C18H16ClFN2O2S/c1-8-9(2)17(21-10(3)15(8)24-4)22-18(23)16-14(19)12-6-5-11(20)7-13(12)25-16/h5-7H,1-4H3,(H,21,22,23). The van der Waals surface area contributed by atoms with Crippen LogP contribution in [0.5, 0.6) is 5.75 Å². The van der Waals surface area contributed by atoms with E-state index in [4.69, 9.17) is 16.3 Å². The highest BCUT2D eigenvalue weighted by Crippen LogP contribution is 2.36. The van der Waals surface area contributed by atoms with Crippen LogP contribution in [0.3, 0.4) is 0 Å². The van der Waals surface area contributed by atoms with E-state index in [0.717, 1.165) is 22.5 Å². The Morgan fingerprint density at radius 2 is 2.00 bits per heavy atom. The zero-order chi connectivity index (χ0) is 18.3. The number of methoxy groups -OCH3 is 1. The molecule has 1 amide bonds. The molecule has 3 aromatic rings. The Kier molecular flexibility index (Phi) is 4.67. The lowest BCUT2D eigenvalue weighted by molar-refractivity contribution is 0.103. The number of anilines is 1. The van der Waals surface area contributed by atoms with E-state index in [2.05, 4.69) is 10.3 Å². The average Bonchev–Trinajstić information content (AvgIpc) is 2.89. The third kappa shape index (κ3) is 3.07. The first-order chi connectivity index (χ1) is 11.8. The van der Waals surface area contributed by atoms with Gasteiger partial charge in [0.2, 0.25) is 0 Å². The Labute approximate surface area is 153 Å². The maximum absolute atomic E-state index is 13.4. The number of nitrogens with one attached hydrogen (secondary N) is 1. The van der Waals surface area contributed by atoms with Crippen LogP contribution in [0.2, 0.25) is 5.02 Å². The van der Waals surface area contributed by atoms with Gasteiger partial charge < -0.3 is 10.1 Å². The Bertz CT molecular complexity index is 1000. The van der Waals surface area contributed by atoms with Crippen molar-refractivity contribution < 1.29 is 13.9 Å². The summed E-state index contributed by atoms with van der Waals surface area (Å²) in [5, 5.41) is 3.78. The van der Waals surface area contributed by atoms with Crippen molar-refractivity contribution in [2.45, 2.75) is 20.8 Å². The number of amides is 1. The van der Waals surface area contributed by atoms with Gasteiger partial charge in [-0.05, 0) is 50.1 Å². The number of rotatable bonds is 3. The maximum atomic E-state index is 13.4. The van der Waals surface area contributed by atoms with Gasteiger partial charge in [0, 0.05) is 10.1 Å². The molecule has 7 heteroatoms. The van der Waals surface area contributed by atoms with E-state index in [0.29, 0.717) is 37.2 Å². The van der Waals surface area contributed by atoms with E-state index in [1.165, 1.54) is 12.1 Å². The lowest BCUT2D eigenvalue weighted by atomic mass is 10.1. The number of nitrogens with zero attached hydrogens (tertiary/aromatic N) is 1. The van der Waals surface area contributed by atoms with Gasteiger partial charge in [0.15, 0.2) is 0 Å². The molecule has 130 valence electrons. The summed E-state index contributed by atoms with van der Waals surface area (Å²) >= 11 is 7.46. The molecule has 0 aliphatic carbocycles. The predicted molar refractivity (Wildman–Crippen MR) is 99.7 cm³/mol. The number of aromatic nitrogens is 1. The topological polar surface area (TPSA) is 51.2 Å². The molecule has 0 radical (unpaired) electrons. The van der Waals surface area contributed by atoms with Gasteiger partial charge in [-0.3, -0.25) is 4.79 Å². The molecular formula is C18H16ClFN2O2S. The molecule has 0 aliphatic rings. The summed E-state index contributed by atoms with van der Waals surface area (Å²) in [6.45, 7) is 5.59. The van der Waals surface area contributed by atoms with Crippen molar-refractivity contribution in [1.82, 2.24) is 4.98 Å². The van der Waals surface area contributed by atoms with E-state index in [1.54, 1.807) is 13.2 Å². The van der Waals surface area contributed by atoms with Crippen LogP contribution in [0, 0.1) is 26.6 Å². The second-order valence-electron chi connectivity index (χ2n) is 5.67. The highest BCUT2D eigenvalue weighted by atomic mass is 35.5. The lowest BCUT2D eigenvalue weighted by Gasteiger charge is -2.14. The first-order valence-electron chi connectivity index (χ1n) is 7.54. The van der Waals surface area contributed by atoms with E-state index >= 15 is 0 Å². The monoisotopic (exact) mass is 378 g/mol. The summed E-state index contributed by atoms with van der Waals surface area (Å²) in [4.78, 5) is 17.4. The zero-order valence-electron chi connectivity index (χ0n) is 14.2. The normalized spacial score (nSPS) is 11.0. The molecular weight excluding hydrogens is 363 g/mol. The molecule has 0 unspecified atom stereocenters. The second kappa shape index (κ2) is 6.61. The minimum atomic E-state index is -0.369. The van der Waals surface area contributed by atoms with E-state index in [1.807, 2.05) is 20.8 Å². The van der Waals surface area contributed by atoms with Crippen LogP contribution in [-0.2, 0) is 0 Å². The molecule has 0 saturated heterocycles. The Morgan fingerprint density at radius 1 is 1.28 bits per heavy atom. The number of pyridine rings is 1. The third-order valence-corrected chi connectivity index (χ3v) is 5.76. The number of hydrogen-bond acceptors (Lipinski definition) is 4. The third-order valence-electron chi connectivity index (χ3n) is 4.10. The zero-order valence-corrected chi connectivity index (χ0v) is 15.7. The van der Waals surface area contributed by atoms with Gasteiger partial charge in [0.05, 0.1) is 17.8 Å². The van der Waals surface area contributed by atoms with Gasteiger partial charge >= 0.3 is 0 Å². The lowest BCUT2D eigenvalue weighted by Crippen LogP contribution is -2.14. The van der Waals surface area contributed by atoms with Gasteiger partial charge in [-0.15, -0.1) is 11.3 Å². The number of hydrogen-bond donors (Lipinski definition) is 1. The fraction of sp³-hybridized carbons (Fsp3) is 0.222. The first-order valence-corrected chi connectivity index (χ1v) is 8.73. The number of fused-ring (bicyclic) bond motifs is 1. The first kappa shape index (κ1) is 17.6. The van der Waals surface area contributed by atoms with Crippen molar-refractivity contribution in [3.8, 4) is 5.75 Å². The van der Waals surface area contributed by atoms with Crippen molar-refractivity contribution in [2.75, 3.05) is 12.4 Å². The minimum Gasteiger partial charge on any atom is -0.495 e.